The second-order valence-electron chi connectivity index (χ2n) is 5.18. The average molecular weight is 289 g/mol. The second-order valence-corrected chi connectivity index (χ2v) is 8.12. The summed E-state index contributed by atoms with van der Waals surface area (Å²) in [6.45, 7) is 2.20. The van der Waals surface area contributed by atoms with Crippen molar-refractivity contribution in [3.63, 3.8) is 0 Å². The molecule has 1 aliphatic carbocycles. The zero-order valence-electron chi connectivity index (χ0n) is 10.4. The van der Waals surface area contributed by atoms with E-state index in [2.05, 4.69) is 11.6 Å². The van der Waals surface area contributed by atoms with Crippen LogP contribution in [0.1, 0.15) is 32.6 Å². The van der Waals surface area contributed by atoms with Crippen molar-refractivity contribution >= 4 is 21.4 Å². The van der Waals surface area contributed by atoms with Gasteiger partial charge < -0.3 is 5.11 Å². The molecule has 1 fully saturated rings. The second kappa shape index (κ2) is 5.28. The van der Waals surface area contributed by atoms with Crippen molar-refractivity contribution in [1.29, 1.82) is 0 Å². The molecule has 0 amide bonds. The molecule has 6 heteroatoms. The quantitative estimate of drug-likeness (QED) is 0.890. The van der Waals surface area contributed by atoms with Gasteiger partial charge in [-0.15, -0.1) is 11.3 Å². The van der Waals surface area contributed by atoms with Gasteiger partial charge in [0.05, 0.1) is 5.60 Å². The van der Waals surface area contributed by atoms with Crippen LogP contribution in [0, 0.1) is 5.92 Å². The van der Waals surface area contributed by atoms with E-state index >= 15 is 0 Å². The molecule has 1 aromatic heterocycles. The molecule has 1 aromatic rings. The van der Waals surface area contributed by atoms with Crippen LogP contribution < -0.4 is 4.72 Å². The van der Waals surface area contributed by atoms with E-state index in [4.69, 9.17) is 0 Å². The standard InChI is InChI=1S/C12H19NO3S2/c1-10-4-2-6-12(14,8-10)9-13-18(15,16)11-5-3-7-17-11/h3,5,7,10,13-14H,2,4,6,8-9H2,1H3. The summed E-state index contributed by atoms with van der Waals surface area (Å²) in [6.07, 6.45) is 3.41. The van der Waals surface area contributed by atoms with Crippen molar-refractivity contribution in [2.45, 2.75) is 42.4 Å². The van der Waals surface area contributed by atoms with Crippen molar-refractivity contribution in [1.82, 2.24) is 4.72 Å². The van der Waals surface area contributed by atoms with Gasteiger partial charge in [-0.25, -0.2) is 13.1 Å². The summed E-state index contributed by atoms with van der Waals surface area (Å²) in [5, 5.41) is 12.1. The maximum absolute atomic E-state index is 11.9. The summed E-state index contributed by atoms with van der Waals surface area (Å²) < 4.78 is 26.7. The normalized spacial score (nSPS) is 29.3. The lowest BCUT2D eigenvalue weighted by Crippen LogP contribution is -2.45. The van der Waals surface area contributed by atoms with Gasteiger partial charge in [0, 0.05) is 6.54 Å². The lowest BCUT2D eigenvalue weighted by atomic mass is 9.79. The van der Waals surface area contributed by atoms with Crippen molar-refractivity contribution in [3.8, 4) is 0 Å². The monoisotopic (exact) mass is 289 g/mol. The van der Waals surface area contributed by atoms with Crippen LogP contribution in [0.2, 0.25) is 0 Å². The fourth-order valence-corrected chi connectivity index (χ4v) is 4.67. The topological polar surface area (TPSA) is 66.4 Å². The van der Waals surface area contributed by atoms with Gasteiger partial charge in [0.25, 0.3) is 0 Å². The van der Waals surface area contributed by atoms with Crippen LogP contribution in [0.15, 0.2) is 21.7 Å². The Labute approximate surface area is 112 Å². The molecule has 0 saturated heterocycles. The van der Waals surface area contributed by atoms with Crippen molar-refractivity contribution in [3.05, 3.63) is 17.5 Å². The average Bonchev–Trinajstić information content (AvgIpc) is 2.80. The van der Waals surface area contributed by atoms with Crippen molar-refractivity contribution in [2.75, 3.05) is 6.54 Å². The zero-order chi connectivity index (χ0) is 13.2. The smallest absolute Gasteiger partial charge is 0.250 e. The third-order valence-electron chi connectivity index (χ3n) is 3.42. The molecule has 0 radical (unpaired) electrons. The van der Waals surface area contributed by atoms with Crippen LogP contribution in [0.5, 0.6) is 0 Å². The van der Waals surface area contributed by atoms with Crippen LogP contribution in [-0.2, 0) is 10.0 Å². The minimum Gasteiger partial charge on any atom is -0.389 e. The van der Waals surface area contributed by atoms with Crippen LogP contribution in [0.3, 0.4) is 0 Å². The molecule has 102 valence electrons. The summed E-state index contributed by atoms with van der Waals surface area (Å²) in [6, 6.07) is 3.27. The van der Waals surface area contributed by atoms with Gasteiger partial charge in [-0.3, -0.25) is 0 Å². The first-order valence-corrected chi connectivity index (χ1v) is 8.53. The molecule has 2 rings (SSSR count). The van der Waals surface area contributed by atoms with E-state index in [1.807, 2.05) is 0 Å². The molecule has 2 unspecified atom stereocenters. The molecule has 1 saturated carbocycles. The molecule has 0 spiro atoms. The summed E-state index contributed by atoms with van der Waals surface area (Å²) in [4.78, 5) is 0. The SMILES string of the molecule is CC1CCCC(O)(CNS(=O)(=O)c2cccs2)C1. The molecule has 0 aromatic carbocycles. The third kappa shape index (κ3) is 3.32. The van der Waals surface area contributed by atoms with Crippen LogP contribution in [-0.4, -0.2) is 25.7 Å². The molecule has 0 aliphatic heterocycles. The number of aliphatic hydroxyl groups is 1. The minimum absolute atomic E-state index is 0.109. The van der Waals surface area contributed by atoms with Crippen molar-refractivity contribution < 1.29 is 13.5 Å². The van der Waals surface area contributed by atoms with E-state index in [1.165, 1.54) is 11.3 Å². The summed E-state index contributed by atoms with van der Waals surface area (Å²) in [5.74, 6) is 0.454. The molecular weight excluding hydrogens is 270 g/mol. The Bertz CT molecular complexity index is 483. The Morgan fingerprint density at radius 3 is 3.00 bits per heavy atom. The predicted molar refractivity (Wildman–Crippen MR) is 72.1 cm³/mol. The molecule has 1 heterocycles. The fourth-order valence-electron chi connectivity index (χ4n) is 2.51. The maximum Gasteiger partial charge on any atom is 0.250 e. The van der Waals surface area contributed by atoms with E-state index in [9.17, 15) is 13.5 Å². The maximum atomic E-state index is 11.9. The Hall–Kier alpha value is -0.430. The summed E-state index contributed by atoms with van der Waals surface area (Å²) in [5.41, 5.74) is -0.887. The molecular formula is C12H19NO3S2. The number of nitrogens with one attached hydrogen (secondary N) is 1. The predicted octanol–water partition coefficient (Wildman–Crippen LogP) is 1.97. The Morgan fingerprint density at radius 2 is 2.39 bits per heavy atom. The van der Waals surface area contributed by atoms with E-state index < -0.39 is 15.6 Å². The van der Waals surface area contributed by atoms with Crippen molar-refractivity contribution in [2.24, 2.45) is 5.92 Å². The zero-order valence-corrected chi connectivity index (χ0v) is 12.1. The van der Waals surface area contributed by atoms with Gasteiger partial charge in [0.2, 0.25) is 10.0 Å². The van der Waals surface area contributed by atoms with Gasteiger partial charge in [-0.05, 0) is 30.2 Å². The van der Waals surface area contributed by atoms with Crippen LogP contribution in [0.4, 0.5) is 0 Å². The lowest BCUT2D eigenvalue weighted by molar-refractivity contribution is -0.00750. The first kappa shape index (κ1) is 14.0. The molecule has 2 N–H and O–H groups in total. The highest BCUT2D eigenvalue weighted by Crippen LogP contribution is 2.32. The summed E-state index contributed by atoms with van der Waals surface area (Å²) >= 11 is 1.18. The number of sulfonamides is 1. The van der Waals surface area contributed by atoms with E-state index in [0.29, 0.717) is 23.0 Å². The molecule has 1 aliphatic rings. The fraction of sp³-hybridized carbons (Fsp3) is 0.667. The first-order valence-electron chi connectivity index (χ1n) is 6.17. The van der Waals surface area contributed by atoms with Gasteiger partial charge in [-0.1, -0.05) is 25.8 Å². The minimum atomic E-state index is -3.46. The highest BCUT2D eigenvalue weighted by atomic mass is 32.2. The molecule has 0 bridgehead atoms. The largest absolute Gasteiger partial charge is 0.389 e. The van der Waals surface area contributed by atoms with Gasteiger partial charge in [-0.2, -0.15) is 0 Å². The highest BCUT2D eigenvalue weighted by molar-refractivity contribution is 7.91. The summed E-state index contributed by atoms with van der Waals surface area (Å²) in [7, 11) is -3.46. The number of thiophene rings is 1. The Balaban J connectivity index is 1.99. The van der Waals surface area contributed by atoms with Gasteiger partial charge in [0.1, 0.15) is 4.21 Å². The Morgan fingerprint density at radius 1 is 1.61 bits per heavy atom. The molecule has 18 heavy (non-hydrogen) atoms. The number of hydrogen-bond donors (Lipinski definition) is 2. The van der Waals surface area contributed by atoms with E-state index in [0.717, 1.165) is 12.8 Å². The Kier molecular flexibility index (Phi) is 4.11. The third-order valence-corrected chi connectivity index (χ3v) is 6.22. The number of hydrogen-bond acceptors (Lipinski definition) is 4. The van der Waals surface area contributed by atoms with Crippen LogP contribution in [0.25, 0.3) is 0 Å². The lowest BCUT2D eigenvalue weighted by Gasteiger charge is -2.35. The number of rotatable bonds is 4. The molecule has 4 nitrogen and oxygen atoms in total. The first-order chi connectivity index (χ1) is 8.41. The van der Waals surface area contributed by atoms with Gasteiger partial charge in [0.15, 0.2) is 0 Å². The van der Waals surface area contributed by atoms with E-state index in [-0.39, 0.29) is 6.54 Å². The van der Waals surface area contributed by atoms with Crippen LogP contribution >= 0.6 is 11.3 Å². The van der Waals surface area contributed by atoms with E-state index in [1.54, 1.807) is 17.5 Å². The highest BCUT2D eigenvalue weighted by Gasteiger charge is 2.33. The van der Waals surface area contributed by atoms with Gasteiger partial charge >= 0.3 is 0 Å². The molecule has 2 atom stereocenters.